The summed E-state index contributed by atoms with van der Waals surface area (Å²) in [5, 5.41) is 34.3. The van der Waals surface area contributed by atoms with Crippen LogP contribution < -0.4 is 0 Å². The van der Waals surface area contributed by atoms with Crippen LogP contribution in [0, 0.1) is 10.1 Å². The molecule has 0 atom stereocenters. The van der Waals surface area contributed by atoms with Crippen molar-refractivity contribution in [2.45, 2.75) is 32.4 Å². The van der Waals surface area contributed by atoms with E-state index in [4.69, 9.17) is 0 Å². The number of aromatic amines is 3. The van der Waals surface area contributed by atoms with Gasteiger partial charge >= 0.3 is 5.69 Å². The van der Waals surface area contributed by atoms with Crippen molar-refractivity contribution in [1.82, 2.24) is 50.2 Å². The van der Waals surface area contributed by atoms with Gasteiger partial charge in [0, 0.05) is 24.8 Å². The normalized spacial score (nSPS) is 10.0. The lowest BCUT2D eigenvalue weighted by Crippen LogP contribution is -2.00. The highest BCUT2D eigenvalue weighted by atomic mass is 32.1. The molecule has 0 saturated carbocycles. The Morgan fingerprint density at radius 1 is 0.661 bits per heavy atom. The fourth-order valence-electron chi connectivity index (χ4n) is 3.97. The fourth-order valence-corrected chi connectivity index (χ4v) is 3.97. The van der Waals surface area contributed by atoms with Crippen LogP contribution in [-0.4, -0.2) is 67.6 Å². The molecular formula is C34H33F6N11O4S. The highest BCUT2D eigenvalue weighted by Gasteiger charge is 2.23. The minimum Gasteiger partial charge on any atom is -0.296 e. The van der Waals surface area contributed by atoms with Gasteiger partial charge in [-0.25, -0.2) is 26.3 Å². The second-order valence-corrected chi connectivity index (χ2v) is 10.4. The van der Waals surface area contributed by atoms with E-state index in [0.717, 1.165) is 18.0 Å². The smallest absolute Gasteiger partial charge is 0.296 e. The standard InChI is InChI=1S/C11H10F2N2.C11H10N2O.C4H3F2N3O2.C4H4F2N2.C4H4N2O.H2S/c12-11(13)10-6-7-15(14-10)8-9-4-2-1-3-5-9;14-9-11-6-7-13(12-11)8-10-4-2-1-3-5-10;5-4(6)3-2(9(10)11)1-7-8-3;5-4(6)3-1-2-7-8-3;7-3-4-1-2-5-6-4;/h1-7,11H,8H2;1-7,9H,8H2;1,4H,(H,7,8);1-2,4H,(H,7,8);1-3H,(H,5,6);1H2. The monoisotopic (exact) mass is 805 g/mol. The molecule has 0 fully saturated rings. The zero-order valence-corrected chi connectivity index (χ0v) is 29.7. The molecule has 5 heterocycles. The van der Waals surface area contributed by atoms with Gasteiger partial charge in [0.15, 0.2) is 18.3 Å². The molecular weight excluding hydrogens is 773 g/mol. The summed E-state index contributed by atoms with van der Waals surface area (Å²) in [5.74, 6) is 0. The number of aldehydes is 2. The van der Waals surface area contributed by atoms with Crippen LogP contribution in [0.2, 0.25) is 0 Å². The molecule has 3 N–H and O–H groups in total. The zero-order chi connectivity index (χ0) is 40.0. The van der Waals surface area contributed by atoms with Crippen molar-refractivity contribution in [3.05, 3.63) is 166 Å². The lowest BCUT2D eigenvalue weighted by molar-refractivity contribution is -0.386. The van der Waals surface area contributed by atoms with E-state index in [-0.39, 0.29) is 24.9 Å². The van der Waals surface area contributed by atoms with Gasteiger partial charge in [0.2, 0.25) is 0 Å². The van der Waals surface area contributed by atoms with E-state index in [0.29, 0.717) is 30.8 Å². The number of benzene rings is 2. The van der Waals surface area contributed by atoms with Crippen molar-refractivity contribution in [2.24, 2.45) is 0 Å². The third kappa shape index (κ3) is 16.0. The van der Waals surface area contributed by atoms with E-state index in [1.54, 1.807) is 29.2 Å². The maximum Gasteiger partial charge on any atom is 0.315 e. The maximum absolute atomic E-state index is 12.2. The Labute approximate surface area is 320 Å². The number of aromatic nitrogens is 10. The lowest BCUT2D eigenvalue weighted by atomic mass is 10.2. The first-order valence-corrected chi connectivity index (χ1v) is 15.6. The van der Waals surface area contributed by atoms with Gasteiger partial charge in [0.25, 0.3) is 19.3 Å². The summed E-state index contributed by atoms with van der Waals surface area (Å²) >= 11 is 0. The summed E-state index contributed by atoms with van der Waals surface area (Å²) in [6.45, 7) is 1.22. The molecule has 7 rings (SSSR count). The molecule has 0 spiro atoms. The number of H-pyrrole nitrogens is 3. The first kappa shape index (κ1) is 45.3. The molecule has 22 heteroatoms. The van der Waals surface area contributed by atoms with Crippen molar-refractivity contribution in [1.29, 1.82) is 0 Å². The molecule has 0 aliphatic rings. The SMILES string of the molecule is FC(F)c1ccn(Cc2ccccc2)n1.FC(F)c1ccn[nH]1.O=Cc1ccn(Cc2ccccc2)n1.O=Cc1ccn[nH]1.O=[N+]([O-])c1cn[nH]c1C(F)F.S. The third-order valence-corrected chi connectivity index (χ3v) is 6.51. The molecule has 0 aliphatic heterocycles. The van der Waals surface area contributed by atoms with Crippen LogP contribution in [0.5, 0.6) is 0 Å². The minimum absolute atomic E-state index is 0. The maximum atomic E-state index is 12.2. The van der Waals surface area contributed by atoms with Gasteiger partial charge in [0.05, 0.1) is 23.7 Å². The van der Waals surface area contributed by atoms with Gasteiger partial charge in [-0.05, 0) is 35.4 Å². The Kier molecular flexibility index (Phi) is 19.8. The average Bonchev–Trinajstić information content (AvgIpc) is 4.04. The molecule has 7 aromatic rings. The van der Waals surface area contributed by atoms with E-state index >= 15 is 0 Å². The first-order valence-electron chi connectivity index (χ1n) is 15.6. The van der Waals surface area contributed by atoms with Crippen molar-refractivity contribution in [3.63, 3.8) is 0 Å². The number of alkyl halides is 6. The van der Waals surface area contributed by atoms with Gasteiger partial charge in [0.1, 0.15) is 23.3 Å². The summed E-state index contributed by atoms with van der Waals surface area (Å²) in [7, 11) is 0. The van der Waals surface area contributed by atoms with Gasteiger partial charge < -0.3 is 0 Å². The van der Waals surface area contributed by atoms with Crippen LogP contribution >= 0.6 is 13.5 Å². The molecule has 15 nitrogen and oxygen atoms in total. The topological polar surface area (TPSA) is 199 Å². The lowest BCUT2D eigenvalue weighted by Gasteiger charge is -2.00. The van der Waals surface area contributed by atoms with Crippen LogP contribution in [-0.2, 0) is 13.1 Å². The molecule has 2 aromatic carbocycles. The molecule has 5 aromatic heterocycles. The van der Waals surface area contributed by atoms with Crippen molar-refractivity contribution in [2.75, 3.05) is 0 Å². The molecule has 296 valence electrons. The van der Waals surface area contributed by atoms with E-state index in [9.17, 15) is 46.0 Å². The summed E-state index contributed by atoms with van der Waals surface area (Å²) < 4.78 is 74.5. The van der Waals surface area contributed by atoms with Gasteiger partial charge in [-0.3, -0.25) is 44.4 Å². The first-order chi connectivity index (χ1) is 26.5. The Hall–Kier alpha value is -6.84. The molecule has 56 heavy (non-hydrogen) atoms. The van der Waals surface area contributed by atoms with Crippen molar-refractivity contribution < 1.29 is 40.9 Å². The number of carbonyl (C=O) groups is 2. The molecule has 0 unspecified atom stereocenters. The third-order valence-electron chi connectivity index (χ3n) is 6.51. The van der Waals surface area contributed by atoms with Crippen LogP contribution in [0.1, 0.15) is 68.5 Å². The molecule has 0 radical (unpaired) electrons. The second kappa shape index (κ2) is 24.5. The minimum atomic E-state index is -2.89. The van der Waals surface area contributed by atoms with E-state index in [1.807, 2.05) is 65.8 Å². The quantitative estimate of drug-likeness (QED) is 0.0541. The van der Waals surface area contributed by atoms with Crippen LogP contribution in [0.4, 0.5) is 32.0 Å². The summed E-state index contributed by atoms with van der Waals surface area (Å²) in [4.78, 5) is 29.3. The zero-order valence-electron chi connectivity index (χ0n) is 28.7. The van der Waals surface area contributed by atoms with Gasteiger partial charge in [-0.2, -0.15) is 39.0 Å². The Morgan fingerprint density at radius 2 is 1.23 bits per heavy atom. The van der Waals surface area contributed by atoms with E-state index < -0.39 is 35.6 Å². The number of nitrogens with one attached hydrogen (secondary N) is 3. The number of hydrogen-bond acceptors (Lipinski definition) is 9. The van der Waals surface area contributed by atoms with Crippen molar-refractivity contribution in [3.8, 4) is 0 Å². The highest BCUT2D eigenvalue weighted by Crippen LogP contribution is 2.25. The van der Waals surface area contributed by atoms with Crippen LogP contribution in [0.3, 0.4) is 0 Å². The predicted molar refractivity (Wildman–Crippen MR) is 194 cm³/mol. The van der Waals surface area contributed by atoms with Crippen molar-refractivity contribution >= 4 is 31.8 Å². The van der Waals surface area contributed by atoms with E-state index in [2.05, 4.69) is 35.7 Å². The van der Waals surface area contributed by atoms with Crippen LogP contribution in [0.25, 0.3) is 0 Å². The summed E-state index contributed by atoms with van der Waals surface area (Å²) in [5.41, 5.74) is 1.46. The predicted octanol–water partition coefficient (Wildman–Crippen LogP) is 7.55. The number of nitro groups is 1. The molecule has 0 amide bonds. The highest BCUT2D eigenvalue weighted by molar-refractivity contribution is 7.59. The number of halogens is 6. The van der Waals surface area contributed by atoms with Crippen LogP contribution in [0.15, 0.2) is 116 Å². The summed E-state index contributed by atoms with van der Waals surface area (Å²) in [6, 6.07) is 25.5. The number of nitrogens with zero attached hydrogens (tertiary/aromatic N) is 8. The average molecular weight is 806 g/mol. The fraction of sp³-hybridized carbons (Fsp3) is 0.147. The molecule has 0 bridgehead atoms. The van der Waals surface area contributed by atoms with Gasteiger partial charge in [-0.15, -0.1) is 0 Å². The largest absolute Gasteiger partial charge is 0.315 e. The van der Waals surface area contributed by atoms with E-state index in [1.165, 1.54) is 34.8 Å². The number of rotatable bonds is 10. The Morgan fingerprint density at radius 3 is 1.61 bits per heavy atom. The van der Waals surface area contributed by atoms with Gasteiger partial charge in [-0.1, -0.05) is 60.7 Å². The Bertz CT molecular complexity index is 2100. The molecule has 0 saturated heterocycles. The molecule has 0 aliphatic carbocycles. The summed E-state index contributed by atoms with van der Waals surface area (Å²) in [6.07, 6.45) is 0.587. The Balaban J connectivity index is 0.000000247. The number of hydrogen-bond donors (Lipinski definition) is 3. The number of carbonyl (C=O) groups excluding carboxylic acids is 2. The second-order valence-electron chi connectivity index (χ2n) is 10.4.